The minimum Gasteiger partial charge on any atom is -0.490 e. The van der Waals surface area contributed by atoms with Crippen LogP contribution in [-0.4, -0.2) is 35.5 Å². The number of nitrogens with zero attached hydrogens (tertiary/aromatic N) is 2. The average Bonchev–Trinajstić information content (AvgIpc) is 3.43. The third-order valence-electron chi connectivity index (χ3n) is 4.77. The number of amides is 1. The van der Waals surface area contributed by atoms with Crippen LogP contribution in [-0.2, 0) is 0 Å². The smallest absolute Gasteiger partial charge is 0.257 e. The Hall–Kier alpha value is -2.70. The Morgan fingerprint density at radius 1 is 1.14 bits per heavy atom. The van der Waals surface area contributed by atoms with E-state index in [1.165, 1.54) is 12.8 Å². The van der Waals surface area contributed by atoms with E-state index in [1.807, 2.05) is 31.5 Å². The molecule has 1 amide bonds. The lowest BCUT2D eigenvalue weighted by Crippen LogP contribution is -2.18. The zero-order valence-electron chi connectivity index (χ0n) is 17.0. The van der Waals surface area contributed by atoms with Gasteiger partial charge in [0, 0.05) is 11.6 Å². The molecule has 1 unspecified atom stereocenters. The first-order valence-electron chi connectivity index (χ1n) is 10.00. The monoisotopic (exact) mass is 387 g/mol. The van der Waals surface area contributed by atoms with E-state index in [1.54, 1.807) is 18.3 Å². The fourth-order valence-corrected chi connectivity index (χ4v) is 3.22. The van der Waals surface area contributed by atoms with E-state index in [2.05, 4.69) is 17.3 Å². The van der Waals surface area contributed by atoms with Crippen molar-refractivity contribution in [3.8, 4) is 17.2 Å². The van der Waals surface area contributed by atoms with Gasteiger partial charge in [0.2, 0.25) is 5.75 Å². The minimum absolute atomic E-state index is 0.241. The van der Waals surface area contributed by atoms with Crippen LogP contribution in [0.15, 0.2) is 24.4 Å². The van der Waals surface area contributed by atoms with Crippen LogP contribution >= 0.6 is 0 Å². The Morgan fingerprint density at radius 3 is 2.29 bits per heavy atom. The van der Waals surface area contributed by atoms with Crippen molar-refractivity contribution in [3.05, 3.63) is 30.0 Å². The standard InChI is InChI=1S/C21H29N3O4/c1-5-26-17-12-16(13-18(27-6-2)20(17)28-7-3)21(25)23-19-10-11-22-24(19)14(4)15-8-9-15/h10-15H,5-9H2,1-4H3,(H,23,25). The van der Waals surface area contributed by atoms with Crippen LogP contribution in [0.3, 0.4) is 0 Å². The van der Waals surface area contributed by atoms with Gasteiger partial charge >= 0.3 is 0 Å². The second-order valence-electron chi connectivity index (χ2n) is 6.79. The maximum Gasteiger partial charge on any atom is 0.257 e. The highest BCUT2D eigenvalue weighted by molar-refractivity contribution is 6.04. The first-order valence-corrected chi connectivity index (χ1v) is 10.00. The van der Waals surface area contributed by atoms with E-state index in [0.29, 0.717) is 54.4 Å². The highest BCUT2D eigenvalue weighted by Crippen LogP contribution is 2.41. The molecule has 0 bridgehead atoms. The number of carbonyl (C=O) groups excluding carboxylic acids is 1. The fraction of sp³-hybridized carbons (Fsp3) is 0.524. The second-order valence-corrected chi connectivity index (χ2v) is 6.79. The first kappa shape index (κ1) is 20.0. The lowest BCUT2D eigenvalue weighted by atomic mass is 10.1. The van der Waals surface area contributed by atoms with Crippen molar-refractivity contribution >= 4 is 11.7 Å². The summed E-state index contributed by atoms with van der Waals surface area (Å²) in [5.74, 6) is 2.61. The van der Waals surface area contributed by atoms with Gasteiger partial charge in [-0.25, -0.2) is 4.68 Å². The Morgan fingerprint density at radius 2 is 1.75 bits per heavy atom. The molecule has 1 heterocycles. The molecule has 1 aliphatic carbocycles. The van der Waals surface area contributed by atoms with E-state index in [-0.39, 0.29) is 11.9 Å². The SMILES string of the molecule is CCOc1cc(C(=O)Nc2ccnn2C(C)C2CC2)cc(OCC)c1OCC. The van der Waals surface area contributed by atoms with Crippen LogP contribution in [0.4, 0.5) is 5.82 Å². The summed E-state index contributed by atoms with van der Waals surface area (Å²) >= 11 is 0. The lowest BCUT2D eigenvalue weighted by Gasteiger charge is -2.18. The predicted octanol–water partition coefficient (Wildman–Crippen LogP) is 4.30. The molecule has 7 nitrogen and oxygen atoms in total. The Labute approximate surface area is 166 Å². The number of nitrogens with one attached hydrogen (secondary N) is 1. The Kier molecular flexibility index (Phi) is 6.44. The normalized spacial score (nSPS) is 14.4. The van der Waals surface area contributed by atoms with Crippen LogP contribution in [0.2, 0.25) is 0 Å². The number of aromatic nitrogens is 2. The summed E-state index contributed by atoms with van der Waals surface area (Å²) in [5, 5.41) is 7.36. The van der Waals surface area contributed by atoms with E-state index < -0.39 is 0 Å². The molecule has 0 radical (unpaired) electrons. The Balaban J connectivity index is 1.87. The van der Waals surface area contributed by atoms with Gasteiger partial charge in [-0.1, -0.05) is 0 Å². The maximum atomic E-state index is 13.0. The third-order valence-corrected chi connectivity index (χ3v) is 4.77. The van der Waals surface area contributed by atoms with Gasteiger partial charge in [-0.2, -0.15) is 5.10 Å². The van der Waals surface area contributed by atoms with Crippen molar-refractivity contribution in [1.29, 1.82) is 0 Å². The van der Waals surface area contributed by atoms with E-state index >= 15 is 0 Å². The van der Waals surface area contributed by atoms with Crippen molar-refractivity contribution < 1.29 is 19.0 Å². The average molecular weight is 387 g/mol. The van der Waals surface area contributed by atoms with Crippen molar-refractivity contribution in [3.63, 3.8) is 0 Å². The van der Waals surface area contributed by atoms with Gasteiger partial charge in [-0.15, -0.1) is 0 Å². The van der Waals surface area contributed by atoms with Gasteiger partial charge < -0.3 is 19.5 Å². The van der Waals surface area contributed by atoms with Gasteiger partial charge in [-0.3, -0.25) is 4.79 Å². The fourth-order valence-electron chi connectivity index (χ4n) is 3.22. The zero-order valence-corrected chi connectivity index (χ0v) is 17.0. The molecule has 7 heteroatoms. The minimum atomic E-state index is -0.241. The molecule has 0 spiro atoms. The third kappa shape index (κ3) is 4.40. The molecule has 28 heavy (non-hydrogen) atoms. The Bertz CT molecular complexity index is 787. The van der Waals surface area contributed by atoms with Gasteiger partial charge in [-0.05, 0) is 58.6 Å². The molecule has 1 N–H and O–H groups in total. The molecule has 1 saturated carbocycles. The van der Waals surface area contributed by atoms with Crippen LogP contribution in [0, 0.1) is 5.92 Å². The van der Waals surface area contributed by atoms with Gasteiger partial charge in [0.25, 0.3) is 5.91 Å². The summed E-state index contributed by atoms with van der Waals surface area (Å²) in [6.45, 7) is 9.21. The second kappa shape index (κ2) is 8.99. The molecule has 2 aromatic rings. The van der Waals surface area contributed by atoms with E-state index in [4.69, 9.17) is 14.2 Å². The van der Waals surface area contributed by atoms with Crippen molar-refractivity contribution in [1.82, 2.24) is 9.78 Å². The quantitative estimate of drug-likeness (QED) is 0.658. The summed E-state index contributed by atoms with van der Waals surface area (Å²) < 4.78 is 19.0. The summed E-state index contributed by atoms with van der Waals surface area (Å²) in [7, 11) is 0. The number of carbonyl (C=O) groups is 1. The maximum absolute atomic E-state index is 13.0. The molecule has 3 rings (SSSR count). The summed E-state index contributed by atoms with van der Waals surface area (Å²) in [5.41, 5.74) is 0.446. The van der Waals surface area contributed by atoms with Crippen molar-refractivity contribution in [2.45, 2.75) is 46.6 Å². The number of hydrogen-bond donors (Lipinski definition) is 1. The topological polar surface area (TPSA) is 74.6 Å². The molecule has 1 fully saturated rings. The van der Waals surface area contributed by atoms with Gasteiger partial charge in [0.15, 0.2) is 11.5 Å². The number of hydrogen-bond acceptors (Lipinski definition) is 5. The lowest BCUT2D eigenvalue weighted by molar-refractivity contribution is 0.102. The summed E-state index contributed by atoms with van der Waals surface area (Å²) in [6.07, 6.45) is 4.13. The highest BCUT2D eigenvalue weighted by Gasteiger charge is 2.31. The van der Waals surface area contributed by atoms with Gasteiger partial charge in [0.05, 0.1) is 32.1 Å². The molecule has 1 aliphatic rings. The first-order chi connectivity index (χ1) is 13.6. The number of anilines is 1. The predicted molar refractivity (Wildman–Crippen MR) is 108 cm³/mol. The summed E-state index contributed by atoms with van der Waals surface area (Å²) in [6, 6.07) is 5.47. The molecule has 1 aromatic heterocycles. The van der Waals surface area contributed by atoms with Crippen LogP contribution in [0.25, 0.3) is 0 Å². The molecule has 0 aliphatic heterocycles. The molecule has 152 valence electrons. The largest absolute Gasteiger partial charge is 0.490 e. The van der Waals surface area contributed by atoms with Crippen LogP contribution in [0.1, 0.15) is 56.9 Å². The molecule has 1 aromatic carbocycles. The van der Waals surface area contributed by atoms with Crippen molar-refractivity contribution in [2.24, 2.45) is 5.92 Å². The number of benzene rings is 1. The van der Waals surface area contributed by atoms with Gasteiger partial charge in [0.1, 0.15) is 5.82 Å². The van der Waals surface area contributed by atoms with Crippen LogP contribution < -0.4 is 19.5 Å². The van der Waals surface area contributed by atoms with E-state index in [9.17, 15) is 4.79 Å². The summed E-state index contributed by atoms with van der Waals surface area (Å²) in [4.78, 5) is 13.0. The molecule has 1 atom stereocenters. The van der Waals surface area contributed by atoms with E-state index in [0.717, 1.165) is 0 Å². The highest BCUT2D eigenvalue weighted by atomic mass is 16.5. The number of ether oxygens (including phenoxy) is 3. The van der Waals surface area contributed by atoms with Crippen LogP contribution in [0.5, 0.6) is 17.2 Å². The van der Waals surface area contributed by atoms with Crippen molar-refractivity contribution in [2.75, 3.05) is 25.1 Å². The molecule has 0 saturated heterocycles. The zero-order chi connectivity index (χ0) is 20.1. The molecular weight excluding hydrogens is 358 g/mol. The molecular formula is C21H29N3O4. The number of rotatable bonds is 10.